The van der Waals surface area contributed by atoms with Crippen LogP contribution in [0.1, 0.15) is 26.3 Å². The maximum atomic E-state index is 12.8. The van der Waals surface area contributed by atoms with Crippen molar-refractivity contribution in [1.82, 2.24) is 10.3 Å². The summed E-state index contributed by atoms with van der Waals surface area (Å²) in [6.07, 6.45) is -4.25. The summed E-state index contributed by atoms with van der Waals surface area (Å²) in [5, 5.41) is 1.83. The predicted molar refractivity (Wildman–Crippen MR) is 108 cm³/mol. The summed E-state index contributed by atoms with van der Waals surface area (Å²) in [5.74, 6) is -1.13. The summed E-state index contributed by atoms with van der Waals surface area (Å²) in [6.45, 7) is 3.69. The number of carbonyl (C=O) groups excluding carboxylic acids is 2. The van der Waals surface area contributed by atoms with E-state index in [0.29, 0.717) is 18.0 Å². The zero-order chi connectivity index (χ0) is 23.4. The van der Waals surface area contributed by atoms with Gasteiger partial charge in [0.05, 0.1) is 5.56 Å². The number of carbonyl (C=O) groups is 2. The summed E-state index contributed by atoms with van der Waals surface area (Å²) in [5.41, 5.74) is -0.482. The lowest BCUT2D eigenvalue weighted by Gasteiger charge is -2.25. The molecular weight excluding hydrogens is 435 g/mol. The highest BCUT2D eigenvalue weighted by Gasteiger charge is 2.44. The van der Waals surface area contributed by atoms with Crippen molar-refractivity contribution in [2.45, 2.75) is 36.7 Å². The number of amides is 2. The first-order valence-corrected chi connectivity index (χ1v) is 10.7. The molecule has 0 fully saturated rings. The molecule has 0 saturated carbocycles. The van der Waals surface area contributed by atoms with Crippen LogP contribution in [0.25, 0.3) is 0 Å². The van der Waals surface area contributed by atoms with Crippen LogP contribution in [0, 0.1) is 0 Å². The van der Waals surface area contributed by atoms with Gasteiger partial charge in [0, 0.05) is 31.9 Å². The van der Waals surface area contributed by atoms with E-state index in [1.807, 2.05) is 0 Å². The number of hydrogen-bond acceptors (Lipinski definition) is 5. The standard InChI is InChI=1S/C20H22F3N3O4S/c1-14(27)26(16-7-5-4-6-8-16)12-11-24-18(28)19(2,3)31(29,30)17-10-9-15(13-25-17)20(21,22)23/h4-10,13H,11-12H2,1-3H3,(H,24,28). The largest absolute Gasteiger partial charge is 0.417 e. The Morgan fingerprint density at radius 1 is 1.06 bits per heavy atom. The highest BCUT2D eigenvalue weighted by atomic mass is 32.2. The molecule has 2 aromatic rings. The van der Waals surface area contributed by atoms with Gasteiger partial charge >= 0.3 is 6.18 Å². The average molecular weight is 457 g/mol. The zero-order valence-corrected chi connectivity index (χ0v) is 17.9. The van der Waals surface area contributed by atoms with Crippen LogP contribution in [0.15, 0.2) is 53.7 Å². The number of nitrogens with one attached hydrogen (secondary N) is 1. The van der Waals surface area contributed by atoms with Crippen molar-refractivity contribution < 1.29 is 31.2 Å². The fourth-order valence-corrected chi connectivity index (χ4v) is 3.94. The molecule has 1 aromatic carbocycles. The van der Waals surface area contributed by atoms with E-state index < -0.39 is 37.3 Å². The highest BCUT2D eigenvalue weighted by Crippen LogP contribution is 2.30. The van der Waals surface area contributed by atoms with E-state index >= 15 is 0 Å². The number of hydrogen-bond donors (Lipinski definition) is 1. The van der Waals surface area contributed by atoms with Crippen LogP contribution in [0.5, 0.6) is 0 Å². The maximum Gasteiger partial charge on any atom is 0.417 e. The number of benzene rings is 1. The lowest BCUT2D eigenvalue weighted by Crippen LogP contribution is -2.50. The number of nitrogens with zero attached hydrogens (tertiary/aromatic N) is 2. The number of rotatable bonds is 7. The molecule has 0 bridgehead atoms. The minimum absolute atomic E-state index is 0.0350. The van der Waals surface area contributed by atoms with Crippen LogP contribution >= 0.6 is 0 Å². The number of anilines is 1. The van der Waals surface area contributed by atoms with Gasteiger partial charge in [0.15, 0.2) is 9.77 Å². The molecule has 0 radical (unpaired) electrons. The number of pyridine rings is 1. The van der Waals surface area contributed by atoms with Gasteiger partial charge in [-0.2, -0.15) is 13.2 Å². The van der Waals surface area contributed by atoms with E-state index in [4.69, 9.17) is 0 Å². The Labute approximate surface area is 178 Å². The summed E-state index contributed by atoms with van der Waals surface area (Å²) in [6, 6.07) is 10.0. The lowest BCUT2D eigenvalue weighted by atomic mass is 10.2. The van der Waals surface area contributed by atoms with Gasteiger partial charge in [0.2, 0.25) is 21.7 Å². The Morgan fingerprint density at radius 2 is 1.68 bits per heavy atom. The second-order valence-electron chi connectivity index (χ2n) is 7.16. The molecule has 0 unspecified atom stereocenters. The van der Waals surface area contributed by atoms with Crippen molar-refractivity contribution in [3.63, 3.8) is 0 Å². The van der Waals surface area contributed by atoms with Gasteiger partial charge in [-0.25, -0.2) is 13.4 Å². The SMILES string of the molecule is CC(=O)N(CCNC(=O)C(C)(C)S(=O)(=O)c1ccc(C(F)(F)F)cn1)c1ccccc1. The first-order valence-electron chi connectivity index (χ1n) is 9.18. The van der Waals surface area contributed by atoms with Gasteiger partial charge in [-0.3, -0.25) is 9.59 Å². The van der Waals surface area contributed by atoms with Gasteiger partial charge in [-0.1, -0.05) is 18.2 Å². The van der Waals surface area contributed by atoms with Crippen LogP contribution < -0.4 is 10.2 Å². The Balaban J connectivity index is 2.11. The molecule has 1 N–H and O–H groups in total. The van der Waals surface area contributed by atoms with Gasteiger partial charge in [-0.05, 0) is 38.1 Å². The van der Waals surface area contributed by atoms with Crippen molar-refractivity contribution in [3.8, 4) is 0 Å². The molecule has 0 aliphatic rings. The monoisotopic (exact) mass is 457 g/mol. The molecule has 0 saturated heterocycles. The van der Waals surface area contributed by atoms with E-state index in [1.165, 1.54) is 11.8 Å². The van der Waals surface area contributed by atoms with Crippen molar-refractivity contribution >= 4 is 27.3 Å². The fourth-order valence-electron chi connectivity index (χ4n) is 2.66. The summed E-state index contributed by atoms with van der Waals surface area (Å²) >= 11 is 0. The van der Waals surface area contributed by atoms with Crippen molar-refractivity contribution in [1.29, 1.82) is 0 Å². The molecule has 11 heteroatoms. The van der Waals surface area contributed by atoms with Crippen LogP contribution in [0.3, 0.4) is 0 Å². The van der Waals surface area contributed by atoms with E-state index in [2.05, 4.69) is 10.3 Å². The number of para-hydroxylation sites is 1. The fraction of sp³-hybridized carbons (Fsp3) is 0.350. The van der Waals surface area contributed by atoms with Crippen molar-refractivity contribution in [3.05, 3.63) is 54.2 Å². The second kappa shape index (κ2) is 9.04. The zero-order valence-electron chi connectivity index (χ0n) is 17.1. The third-order valence-electron chi connectivity index (χ3n) is 4.63. The molecule has 0 spiro atoms. The molecule has 0 aliphatic carbocycles. The number of halogens is 3. The third-order valence-corrected chi connectivity index (χ3v) is 6.95. The Morgan fingerprint density at radius 3 is 2.16 bits per heavy atom. The minimum atomic E-state index is -4.66. The molecule has 0 aliphatic heterocycles. The smallest absolute Gasteiger partial charge is 0.353 e. The molecule has 31 heavy (non-hydrogen) atoms. The average Bonchev–Trinajstić information content (AvgIpc) is 2.70. The van der Waals surface area contributed by atoms with Crippen LogP contribution in [0.4, 0.5) is 18.9 Å². The first kappa shape index (κ1) is 24.3. The van der Waals surface area contributed by atoms with Crippen LogP contribution in [-0.4, -0.2) is 43.1 Å². The quantitative estimate of drug-likeness (QED) is 0.690. The van der Waals surface area contributed by atoms with Crippen molar-refractivity contribution in [2.24, 2.45) is 0 Å². The minimum Gasteiger partial charge on any atom is -0.353 e. The summed E-state index contributed by atoms with van der Waals surface area (Å²) in [7, 11) is -4.39. The topological polar surface area (TPSA) is 96.4 Å². The summed E-state index contributed by atoms with van der Waals surface area (Å²) < 4.78 is 61.7. The molecule has 1 aromatic heterocycles. The van der Waals surface area contributed by atoms with Crippen molar-refractivity contribution in [2.75, 3.05) is 18.0 Å². The lowest BCUT2D eigenvalue weighted by molar-refractivity contribution is -0.138. The van der Waals surface area contributed by atoms with E-state index in [1.54, 1.807) is 30.3 Å². The predicted octanol–water partition coefficient (Wildman–Crippen LogP) is 2.82. The molecule has 1 heterocycles. The molecular formula is C20H22F3N3O4S. The Hall–Kier alpha value is -2.95. The first-order chi connectivity index (χ1) is 14.3. The van der Waals surface area contributed by atoms with Gasteiger partial charge in [0.25, 0.3) is 0 Å². The molecule has 168 valence electrons. The second-order valence-corrected chi connectivity index (χ2v) is 9.60. The molecule has 7 nitrogen and oxygen atoms in total. The van der Waals surface area contributed by atoms with E-state index in [9.17, 15) is 31.2 Å². The van der Waals surface area contributed by atoms with Gasteiger partial charge in [0.1, 0.15) is 0 Å². The summed E-state index contributed by atoms with van der Waals surface area (Å²) in [4.78, 5) is 29.3. The van der Waals surface area contributed by atoms with Crippen LogP contribution in [-0.2, 0) is 25.6 Å². The maximum absolute atomic E-state index is 12.8. The Kier molecular flexibility index (Phi) is 7.10. The molecule has 2 rings (SSSR count). The number of aromatic nitrogens is 1. The molecule has 0 atom stereocenters. The Bertz CT molecular complexity index is 1040. The van der Waals surface area contributed by atoms with Gasteiger partial charge in [-0.15, -0.1) is 0 Å². The number of sulfone groups is 1. The third kappa shape index (κ3) is 5.40. The highest BCUT2D eigenvalue weighted by molar-refractivity contribution is 7.93. The van der Waals surface area contributed by atoms with E-state index in [0.717, 1.165) is 19.9 Å². The van der Waals surface area contributed by atoms with Crippen LogP contribution in [0.2, 0.25) is 0 Å². The normalized spacial score (nSPS) is 12.3. The van der Waals surface area contributed by atoms with Gasteiger partial charge < -0.3 is 10.2 Å². The molecule has 2 amide bonds. The van der Waals surface area contributed by atoms with E-state index in [-0.39, 0.29) is 19.0 Å². The number of alkyl halides is 3.